The van der Waals surface area contributed by atoms with Crippen molar-refractivity contribution in [2.45, 2.75) is 55.4 Å². The molecule has 1 saturated heterocycles. The van der Waals surface area contributed by atoms with E-state index < -0.39 is 28.5 Å². The van der Waals surface area contributed by atoms with E-state index in [4.69, 9.17) is 4.74 Å². The van der Waals surface area contributed by atoms with Crippen molar-refractivity contribution in [1.29, 1.82) is 0 Å². The van der Waals surface area contributed by atoms with E-state index in [0.29, 0.717) is 13.0 Å². The Labute approximate surface area is 180 Å². The molecule has 0 radical (unpaired) electrons. The lowest BCUT2D eigenvalue weighted by Gasteiger charge is -2.45. The van der Waals surface area contributed by atoms with Crippen LogP contribution in [0.25, 0.3) is 0 Å². The van der Waals surface area contributed by atoms with Crippen molar-refractivity contribution >= 4 is 11.8 Å². The molecule has 0 saturated carbocycles. The summed E-state index contributed by atoms with van der Waals surface area (Å²) in [7, 11) is 0. The molecule has 5 atom stereocenters. The number of aliphatic hydroxyl groups excluding tert-OH is 4. The van der Waals surface area contributed by atoms with Gasteiger partial charge in [0.2, 0.25) is 0 Å². The third-order valence-electron chi connectivity index (χ3n) is 5.95. The van der Waals surface area contributed by atoms with Crippen LogP contribution < -0.4 is 0 Å². The summed E-state index contributed by atoms with van der Waals surface area (Å²) in [5, 5.41) is 40.5. The Bertz CT molecular complexity index is 991. The molecular formula is C24H26O5S. The molecule has 2 aliphatic rings. The van der Waals surface area contributed by atoms with E-state index in [1.165, 1.54) is 11.8 Å². The third-order valence-corrected chi connectivity index (χ3v) is 7.61. The maximum absolute atomic E-state index is 10.8. The van der Waals surface area contributed by atoms with Gasteiger partial charge in [-0.3, -0.25) is 0 Å². The fourth-order valence-electron chi connectivity index (χ4n) is 4.26. The predicted octanol–water partition coefficient (Wildman–Crippen LogP) is 1.83. The van der Waals surface area contributed by atoms with Gasteiger partial charge in [-0.1, -0.05) is 30.2 Å². The molecule has 6 heteroatoms. The second-order valence-corrected chi connectivity index (χ2v) is 9.35. The number of ether oxygens (including phenoxy) is 1. The SMILES string of the molecule is CC#Cc1ccc(Cc2cc3c(cc2C)CO[C@]32S[C@H](CO)[C@@H](O)[C@H](O)[C@H]2O)cc1. The molecule has 5 nitrogen and oxygen atoms in total. The van der Waals surface area contributed by atoms with Crippen molar-refractivity contribution in [3.8, 4) is 11.8 Å². The average Bonchev–Trinajstić information content (AvgIpc) is 3.09. The first-order chi connectivity index (χ1) is 14.4. The lowest BCUT2D eigenvalue weighted by molar-refractivity contribution is -0.147. The number of aryl methyl sites for hydroxylation is 1. The van der Waals surface area contributed by atoms with Crippen LogP contribution >= 0.6 is 11.8 Å². The van der Waals surface area contributed by atoms with Gasteiger partial charge in [-0.05, 0) is 54.7 Å². The molecule has 2 aromatic carbocycles. The lowest BCUT2D eigenvalue weighted by Crippen LogP contribution is -2.58. The van der Waals surface area contributed by atoms with E-state index in [2.05, 4.69) is 37.0 Å². The van der Waals surface area contributed by atoms with Gasteiger partial charge in [0.25, 0.3) is 0 Å². The van der Waals surface area contributed by atoms with Gasteiger partial charge in [0.15, 0.2) is 4.93 Å². The van der Waals surface area contributed by atoms with Crippen molar-refractivity contribution in [2.75, 3.05) is 6.61 Å². The van der Waals surface area contributed by atoms with Gasteiger partial charge >= 0.3 is 0 Å². The Kier molecular flexibility index (Phi) is 5.95. The molecule has 0 amide bonds. The van der Waals surface area contributed by atoms with E-state index in [0.717, 1.165) is 33.4 Å². The van der Waals surface area contributed by atoms with Crippen LogP contribution in [0.5, 0.6) is 0 Å². The number of thioether (sulfide) groups is 1. The van der Waals surface area contributed by atoms with E-state index in [1.807, 2.05) is 25.1 Å². The zero-order valence-electron chi connectivity index (χ0n) is 17.0. The van der Waals surface area contributed by atoms with Crippen molar-refractivity contribution in [2.24, 2.45) is 0 Å². The summed E-state index contributed by atoms with van der Waals surface area (Å²) in [6.45, 7) is 3.86. The molecule has 30 heavy (non-hydrogen) atoms. The van der Waals surface area contributed by atoms with E-state index >= 15 is 0 Å². The van der Waals surface area contributed by atoms with E-state index in [1.54, 1.807) is 0 Å². The van der Waals surface area contributed by atoms with Crippen LogP contribution in [0.1, 0.15) is 40.3 Å². The van der Waals surface area contributed by atoms with E-state index in [-0.39, 0.29) is 6.61 Å². The summed E-state index contributed by atoms with van der Waals surface area (Å²) in [4.78, 5) is -1.20. The van der Waals surface area contributed by atoms with Crippen molar-refractivity contribution in [1.82, 2.24) is 0 Å². The van der Waals surface area contributed by atoms with Crippen LogP contribution in [0, 0.1) is 18.8 Å². The fraction of sp³-hybridized carbons (Fsp3) is 0.417. The average molecular weight is 427 g/mol. The zero-order valence-corrected chi connectivity index (χ0v) is 17.8. The van der Waals surface area contributed by atoms with Crippen LogP contribution in [-0.2, 0) is 22.7 Å². The van der Waals surface area contributed by atoms with Crippen molar-refractivity contribution in [3.63, 3.8) is 0 Å². The maximum atomic E-state index is 10.8. The molecule has 0 bridgehead atoms. The first-order valence-electron chi connectivity index (χ1n) is 10.0. The van der Waals surface area contributed by atoms with Crippen LogP contribution in [0.3, 0.4) is 0 Å². The monoisotopic (exact) mass is 426 g/mol. The standard InChI is InChI=1S/C24H26O5S/c1-3-4-15-5-7-16(8-6-15)10-17-11-19-18(9-14(17)2)13-29-24(19)23(28)22(27)21(26)20(12-25)30-24/h5-9,11,20-23,25-28H,10,12-13H2,1-2H3/t20-,21-,22+,23-,24+/m1/s1. The first kappa shape index (κ1) is 21.4. The first-order valence-corrected chi connectivity index (χ1v) is 10.9. The number of hydrogen-bond donors (Lipinski definition) is 4. The number of aliphatic hydroxyl groups is 4. The molecular weight excluding hydrogens is 400 g/mol. The smallest absolute Gasteiger partial charge is 0.168 e. The number of hydrogen-bond acceptors (Lipinski definition) is 6. The highest BCUT2D eigenvalue weighted by atomic mass is 32.2. The topological polar surface area (TPSA) is 90.2 Å². The molecule has 2 aliphatic heterocycles. The highest BCUT2D eigenvalue weighted by Crippen LogP contribution is 2.54. The second-order valence-electron chi connectivity index (χ2n) is 7.91. The number of benzene rings is 2. The van der Waals surface area contributed by atoms with Gasteiger partial charge in [-0.2, -0.15) is 0 Å². The van der Waals surface area contributed by atoms with Gasteiger partial charge < -0.3 is 25.2 Å². The molecule has 0 aromatic heterocycles. The molecule has 0 unspecified atom stereocenters. The predicted molar refractivity (Wildman–Crippen MR) is 116 cm³/mol. The van der Waals surface area contributed by atoms with Crippen molar-refractivity contribution < 1.29 is 25.2 Å². The third kappa shape index (κ3) is 3.56. The van der Waals surface area contributed by atoms with Gasteiger partial charge in [0.05, 0.1) is 24.6 Å². The molecule has 2 aromatic rings. The highest BCUT2D eigenvalue weighted by Gasteiger charge is 2.57. The molecule has 2 heterocycles. The minimum absolute atomic E-state index is 0.311. The second kappa shape index (κ2) is 8.35. The van der Waals surface area contributed by atoms with Gasteiger partial charge in [-0.15, -0.1) is 17.7 Å². The van der Waals surface area contributed by atoms with Gasteiger partial charge in [0, 0.05) is 11.1 Å². The van der Waals surface area contributed by atoms with Crippen LogP contribution in [0.15, 0.2) is 36.4 Å². The Morgan fingerprint density at radius 1 is 1.13 bits per heavy atom. The number of fused-ring (bicyclic) bond motifs is 2. The molecule has 1 spiro atoms. The molecule has 1 fully saturated rings. The largest absolute Gasteiger partial charge is 0.395 e. The molecule has 0 aliphatic carbocycles. The molecule has 4 N–H and O–H groups in total. The van der Waals surface area contributed by atoms with Gasteiger partial charge in [0.1, 0.15) is 12.2 Å². The van der Waals surface area contributed by atoms with E-state index in [9.17, 15) is 20.4 Å². The summed E-state index contributed by atoms with van der Waals surface area (Å²) in [6.07, 6.45) is -3.21. The van der Waals surface area contributed by atoms with Crippen molar-refractivity contribution in [3.05, 3.63) is 69.8 Å². The minimum atomic E-state index is -1.40. The Balaban J connectivity index is 1.70. The normalized spacial score (nSPS) is 30.1. The summed E-state index contributed by atoms with van der Waals surface area (Å²) >= 11 is 1.18. The Morgan fingerprint density at radius 2 is 1.87 bits per heavy atom. The number of rotatable bonds is 3. The quantitative estimate of drug-likeness (QED) is 0.560. The highest BCUT2D eigenvalue weighted by molar-refractivity contribution is 8.00. The van der Waals surface area contributed by atoms with Gasteiger partial charge in [-0.25, -0.2) is 0 Å². The summed E-state index contributed by atoms with van der Waals surface area (Å²) in [5.74, 6) is 5.94. The molecule has 158 valence electrons. The van der Waals surface area contributed by atoms with Crippen LogP contribution in [-0.4, -0.2) is 50.6 Å². The summed E-state index contributed by atoms with van der Waals surface area (Å²) in [5.41, 5.74) is 6.11. The Morgan fingerprint density at radius 3 is 2.53 bits per heavy atom. The van der Waals surface area contributed by atoms with Crippen LogP contribution in [0.2, 0.25) is 0 Å². The minimum Gasteiger partial charge on any atom is -0.395 e. The fourth-order valence-corrected chi connectivity index (χ4v) is 5.81. The van der Waals surface area contributed by atoms with Crippen LogP contribution in [0.4, 0.5) is 0 Å². The zero-order chi connectivity index (χ0) is 21.5. The maximum Gasteiger partial charge on any atom is 0.168 e. The molecule has 4 rings (SSSR count). The summed E-state index contributed by atoms with van der Waals surface area (Å²) in [6, 6.07) is 12.2. The lowest BCUT2D eigenvalue weighted by atomic mass is 9.89. The Hall–Kier alpha value is -1.85. The summed E-state index contributed by atoms with van der Waals surface area (Å²) < 4.78 is 6.03.